The van der Waals surface area contributed by atoms with E-state index in [4.69, 9.17) is 0 Å². The van der Waals surface area contributed by atoms with Gasteiger partial charge in [0.25, 0.3) is 0 Å². The van der Waals surface area contributed by atoms with Crippen molar-refractivity contribution in [2.75, 3.05) is 6.54 Å². The van der Waals surface area contributed by atoms with Crippen LogP contribution in [0.2, 0.25) is 0 Å². The molecule has 1 aromatic rings. The van der Waals surface area contributed by atoms with Gasteiger partial charge in [-0.15, -0.1) is 5.92 Å². The van der Waals surface area contributed by atoms with Crippen LogP contribution in [-0.4, -0.2) is 6.54 Å². The van der Waals surface area contributed by atoms with Crippen molar-refractivity contribution in [3.8, 4) is 11.8 Å². The first-order valence-electron chi connectivity index (χ1n) is 4.76. The van der Waals surface area contributed by atoms with Gasteiger partial charge < -0.3 is 5.32 Å². The number of fused-ring (bicyclic) bond motifs is 2. The second-order valence-electron chi connectivity index (χ2n) is 3.67. The van der Waals surface area contributed by atoms with Gasteiger partial charge in [0.15, 0.2) is 0 Å². The molecule has 0 saturated carbocycles. The molecule has 13 heavy (non-hydrogen) atoms. The second kappa shape index (κ2) is 2.61. The fraction of sp³-hybridized carbons (Fsp3) is 0.333. The highest BCUT2D eigenvalue weighted by Gasteiger charge is 2.26. The van der Waals surface area contributed by atoms with E-state index >= 15 is 0 Å². The molecule has 3 aliphatic rings. The zero-order chi connectivity index (χ0) is 8.67. The number of hydrogen-bond acceptors (Lipinski definition) is 1. The first-order valence-corrected chi connectivity index (χ1v) is 4.76. The third-order valence-electron chi connectivity index (χ3n) is 2.90. The molecule has 0 saturated heterocycles. The highest BCUT2D eigenvalue weighted by Crippen LogP contribution is 2.33. The van der Waals surface area contributed by atoms with Crippen LogP contribution in [0.25, 0.3) is 0 Å². The molecule has 2 heterocycles. The molecule has 0 amide bonds. The summed E-state index contributed by atoms with van der Waals surface area (Å²) in [6, 6.07) is 9.13. The summed E-state index contributed by atoms with van der Waals surface area (Å²) in [6.45, 7) is 1.02. The summed E-state index contributed by atoms with van der Waals surface area (Å²) in [4.78, 5) is 0. The standard InChI is InChI=1S/C12H11N/c1-2-6-11-10(5-1)9-4-3-7-12(11)13-8-9/h1-2,5-6,9,12-13H,7-8H2. The Balaban J connectivity index is 2.22. The lowest BCUT2D eigenvalue weighted by Crippen LogP contribution is -2.30. The van der Waals surface area contributed by atoms with Crippen LogP contribution in [0.4, 0.5) is 0 Å². The number of nitrogens with one attached hydrogen (secondary N) is 1. The van der Waals surface area contributed by atoms with E-state index in [0.717, 1.165) is 13.0 Å². The van der Waals surface area contributed by atoms with Gasteiger partial charge in [-0.2, -0.15) is 0 Å². The highest BCUT2D eigenvalue weighted by atomic mass is 14.9. The Morgan fingerprint density at radius 3 is 3.00 bits per heavy atom. The molecule has 2 unspecified atom stereocenters. The summed E-state index contributed by atoms with van der Waals surface area (Å²) in [5, 5.41) is 3.51. The zero-order valence-corrected chi connectivity index (χ0v) is 7.38. The summed E-state index contributed by atoms with van der Waals surface area (Å²) >= 11 is 0. The van der Waals surface area contributed by atoms with Crippen molar-refractivity contribution in [2.24, 2.45) is 0 Å². The van der Waals surface area contributed by atoms with Crippen molar-refractivity contribution in [3.05, 3.63) is 35.4 Å². The Hall–Kier alpha value is -1.26. The van der Waals surface area contributed by atoms with Gasteiger partial charge in [-0.1, -0.05) is 30.2 Å². The fourth-order valence-electron chi connectivity index (χ4n) is 2.22. The molecule has 0 spiro atoms. The Kier molecular flexibility index (Phi) is 1.44. The smallest absolute Gasteiger partial charge is 0.0580 e. The van der Waals surface area contributed by atoms with Gasteiger partial charge in [-0.25, -0.2) is 0 Å². The Morgan fingerprint density at radius 1 is 1.23 bits per heavy atom. The molecule has 1 N–H and O–H groups in total. The molecule has 1 nitrogen and oxygen atoms in total. The lowest BCUT2D eigenvalue weighted by molar-refractivity contribution is 0.506. The van der Waals surface area contributed by atoms with Crippen molar-refractivity contribution in [1.82, 2.24) is 5.32 Å². The van der Waals surface area contributed by atoms with Crippen LogP contribution in [0, 0.1) is 11.8 Å². The third-order valence-corrected chi connectivity index (χ3v) is 2.90. The van der Waals surface area contributed by atoms with Gasteiger partial charge in [-0.05, 0) is 11.1 Å². The normalized spacial score (nSPS) is 28.6. The predicted molar refractivity (Wildman–Crippen MR) is 52.3 cm³/mol. The van der Waals surface area contributed by atoms with Crippen LogP contribution in [-0.2, 0) is 0 Å². The van der Waals surface area contributed by atoms with Crippen LogP contribution in [0.3, 0.4) is 0 Å². The summed E-state index contributed by atoms with van der Waals surface area (Å²) < 4.78 is 0. The van der Waals surface area contributed by atoms with Crippen LogP contribution >= 0.6 is 0 Å². The minimum absolute atomic E-state index is 0.426. The van der Waals surface area contributed by atoms with Crippen molar-refractivity contribution in [3.63, 3.8) is 0 Å². The summed E-state index contributed by atoms with van der Waals surface area (Å²) in [5.74, 6) is 6.99. The summed E-state index contributed by atoms with van der Waals surface area (Å²) in [6.07, 6.45) is 0.966. The molecule has 4 rings (SSSR count). The summed E-state index contributed by atoms with van der Waals surface area (Å²) in [7, 11) is 0. The first kappa shape index (κ1) is 7.17. The van der Waals surface area contributed by atoms with Gasteiger partial charge in [-0.3, -0.25) is 0 Å². The van der Waals surface area contributed by atoms with Crippen molar-refractivity contribution < 1.29 is 0 Å². The maximum Gasteiger partial charge on any atom is 0.0580 e. The van der Waals surface area contributed by atoms with Crippen molar-refractivity contribution in [2.45, 2.75) is 18.4 Å². The van der Waals surface area contributed by atoms with Gasteiger partial charge in [0, 0.05) is 19.0 Å². The number of benzene rings is 1. The van der Waals surface area contributed by atoms with Crippen LogP contribution in [0.1, 0.15) is 29.5 Å². The molecule has 2 atom stereocenters. The minimum Gasteiger partial charge on any atom is -0.308 e. The topological polar surface area (TPSA) is 12.0 Å². The van der Waals surface area contributed by atoms with Gasteiger partial charge >= 0.3 is 0 Å². The fourth-order valence-corrected chi connectivity index (χ4v) is 2.22. The first-order chi connectivity index (χ1) is 6.45. The number of rotatable bonds is 0. The van der Waals surface area contributed by atoms with E-state index in [1.807, 2.05) is 0 Å². The van der Waals surface area contributed by atoms with E-state index in [2.05, 4.69) is 41.4 Å². The van der Waals surface area contributed by atoms with Crippen molar-refractivity contribution in [1.29, 1.82) is 0 Å². The molecule has 1 aliphatic carbocycles. The third kappa shape index (κ3) is 0.993. The quantitative estimate of drug-likeness (QED) is 0.584. The molecule has 1 aromatic carbocycles. The van der Waals surface area contributed by atoms with E-state index in [0.29, 0.717) is 12.0 Å². The van der Waals surface area contributed by atoms with E-state index in [9.17, 15) is 0 Å². The van der Waals surface area contributed by atoms with Crippen LogP contribution in [0.5, 0.6) is 0 Å². The zero-order valence-electron chi connectivity index (χ0n) is 7.38. The van der Waals surface area contributed by atoms with Gasteiger partial charge in [0.1, 0.15) is 0 Å². The molecule has 0 aromatic heterocycles. The second-order valence-corrected chi connectivity index (χ2v) is 3.67. The largest absolute Gasteiger partial charge is 0.308 e. The van der Waals surface area contributed by atoms with Gasteiger partial charge in [0.05, 0.1) is 5.92 Å². The van der Waals surface area contributed by atoms with E-state index in [-0.39, 0.29) is 0 Å². The predicted octanol–water partition coefficient (Wildman–Crippen LogP) is 1.82. The Labute approximate surface area is 78.2 Å². The SMILES string of the molecule is C1#CC2CNC(C1)c1ccccc12. The van der Waals surface area contributed by atoms with E-state index in [1.165, 1.54) is 11.1 Å². The lowest BCUT2D eigenvalue weighted by atomic mass is 9.88. The molecule has 2 bridgehead atoms. The van der Waals surface area contributed by atoms with Crippen molar-refractivity contribution >= 4 is 0 Å². The monoisotopic (exact) mass is 169 g/mol. The lowest BCUT2D eigenvalue weighted by Gasteiger charge is -2.27. The molecule has 0 radical (unpaired) electrons. The Bertz CT molecular complexity index is 397. The van der Waals surface area contributed by atoms with E-state index < -0.39 is 0 Å². The molecule has 0 fully saturated rings. The van der Waals surface area contributed by atoms with Gasteiger partial charge in [0.2, 0.25) is 0 Å². The minimum atomic E-state index is 0.426. The van der Waals surface area contributed by atoms with E-state index in [1.54, 1.807) is 0 Å². The van der Waals surface area contributed by atoms with Crippen LogP contribution < -0.4 is 5.32 Å². The average molecular weight is 169 g/mol. The molecule has 1 heteroatoms. The Morgan fingerprint density at radius 2 is 2.08 bits per heavy atom. The maximum atomic E-state index is 3.51. The molecular weight excluding hydrogens is 158 g/mol. The summed E-state index contributed by atoms with van der Waals surface area (Å²) in [5.41, 5.74) is 2.88. The molecule has 64 valence electrons. The maximum absolute atomic E-state index is 3.51. The highest BCUT2D eigenvalue weighted by molar-refractivity contribution is 5.42. The number of hydrogen-bond donors (Lipinski definition) is 1. The average Bonchev–Trinajstić information content (AvgIpc) is 2.52. The van der Waals surface area contributed by atoms with Crippen LogP contribution in [0.15, 0.2) is 24.3 Å². The molecular formula is C12H11N. The molecule has 2 aliphatic heterocycles.